The van der Waals surface area contributed by atoms with E-state index in [0.717, 1.165) is 51.3 Å². The monoisotopic (exact) mass is 404 g/mol. The van der Waals surface area contributed by atoms with Crippen LogP contribution in [-0.2, 0) is 0 Å². The highest BCUT2D eigenvalue weighted by Gasteiger charge is 2.24. The number of hydrogen-bond acceptors (Lipinski definition) is 3. The van der Waals surface area contributed by atoms with Crippen LogP contribution in [0.25, 0.3) is 21.8 Å². The smallest absolute Gasteiger partial charge is 0.272 e. The van der Waals surface area contributed by atoms with Crippen LogP contribution in [0.3, 0.4) is 0 Å². The van der Waals surface area contributed by atoms with Crippen molar-refractivity contribution in [1.82, 2.24) is 14.9 Å². The molecule has 5 nitrogen and oxygen atoms in total. The van der Waals surface area contributed by atoms with E-state index in [0.29, 0.717) is 18.8 Å². The summed E-state index contributed by atoms with van der Waals surface area (Å²) in [5.41, 5.74) is 4.51. The van der Waals surface area contributed by atoms with Gasteiger partial charge in [-0.25, -0.2) is 4.98 Å². The second-order valence-electron chi connectivity index (χ2n) is 7.51. The van der Waals surface area contributed by atoms with Gasteiger partial charge in [0, 0.05) is 53.4 Å². The third-order valence-corrected chi connectivity index (χ3v) is 5.80. The molecule has 146 valence electrons. The summed E-state index contributed by atoms with van der Waals surface area (Å²) in [6.07, 6.45) is 0. The Kier molecular flexibility index (Phi) is 4.40. The minimum atomic E-state index is -0.00672. The second kappa shape index (κ2) is 7.08. The minimum Gasteiger partial charge on any atom is -0.368 e. The molecule has 5 rings (SSSR count). The van der Waals surface area contributed by atoms with Crippen LogP contribution >= 0.6 is 11.6 Å². The van der Waals surface area contributed by atoms with Crippen LogP contribution < -0.4 is 4.90 Å². The van der Waals surface area contributed by atoms with Crippen LogP contribution in [0.15, 0.2) is 54.6 Å². The number of aryl methyl sites for hydroxylation is 1. The van der Waals surface area contributed by atoms with Gasteiger partial charge in [-0.15, -0.1) is 0 Å². The standard InChI is InChI=1S/C23H21ClN4O/c1-15-5-6-16-7-8-17-13-20(26-22(17)21(16)25-15)23(29)28-11-9-27(10-12-28)19-4-2-3-18(24)14-19/h2-8,13-14,25H,9-12H2,1H3. The van der Waals surface area contributed by atoms with Gasteiger partial charge in [-0.2, -0.15) is 0 Å². The first kappa shape index (κ1) is 18.0. The minimum absolute atomic E-state index is 0.00672. The zero-order valence-electron chi connectivity index (χ0n) is 16.2. The Morgan fingerprint density at radius 2 is 1.76 bits per heavy atom. The maximum absolute atomic E-state index is 13.1. The molecule has 1 aliphatic heterocycles. The van der Waals surface area contributed by atoms with E-state index >= 15 is 0 Å². The number of pyridine rings is 1. The highest BCUT2D eigenvalue weighted by molar-refractivity contribution is 6.30. The van der Waals surface area contributed by atoms with Gasteiger partial charge in [0.15, 0.2) is 0 Å². The van der Waals surface area contributed by atoms with Gasteiger partial charge in [-0.05, 0) is 37.3 Å². The third kappa shape index (κ3) is 3.32. The molecule has 0 unspecified atom stereocenters. The first-order valence-electron chi connectivity index (χ1n) is 9.77. The predicted octanol–water partition coefficient (Wildman–Crippen LogP) is 4.64. The molecule has 1 aliphatic rings. The average Bonchev–Trinajstić information content (AvgIpc) is 3.18. The summed E-state index contributed by atoms with van der Waals surface area (Å²) in [7, 11) is 0. The topological polar surface area (TPSA) is 52.2 Å². The first-order chi connectivity index (χ1) is 14.1. The number of amides is 1. The van der Waals surface area contributed by atoms with Crippen LogP contribution in [0.4, 0.5) is 5.69 Å². The average molecular weight is 405 g/mol. The molecular formula is C23H21ClN4O. The molecule has 0 spiro atoms. The van der Waals surface area contributed by atoms with Crippen molar-refractivity contribution in [3.05, 3.63) is 71.0 Å². The fourth-order valence-electron chi connectivity index (χ4n) is 4.00. The number of aromatic amines is 1. The third-order valence-electron chi connectivity index (χ3n) is 5.56. The Balaban J connectivity index is 1.38. The van der Waals surface area contributed by atoms with E-state index in [9.17, 15) is 4.79 Å². The number of halogens is 1. The molecule has 6 heteroatoms. The van der Waals surface area contributed by atoms with Crippen LogP contribution in [0, 0.1) is 6.92 Å². The van der Waals surface area contributed by atoms with Crippen LogP contribution in [-0.4, -0.2) is 47.0 Å². The molecule has 1 fully saturated rings. The van der Waals surface area contributed by atoms with Crippen LogP contribution in [0.5, 0.6) is 0 Å². The predicted molar refractivity (Wildman–Crippen MR) is 118 cm³/mol. The summed E-state index contributed by atoms with van der Waals surface area (Å²) in [4.78, 5) is 25.3. The Morgan fingerprint density at radius 3 is 2.55 bits per heavy atom. The molecule has 29 heavy (non-hydrogen) atoms. The van der Waals surface area contributed by atoms with Crippen molar-refractivity contribution < 1.29 is 4.79 Å². The molecule has 1 amide bonds. The lowest BCUT2D eigenvalue weighted by molar-refractivity contribution is 0.0742. The molecule has 1 N–H and O–H groups in total. The molecular weight excluding hydrogens is 384 g/mol. The van der Waals surface area contributed by atoms with Crippen molar-refractivity contribution in [3.8, 4) is 0 Å². The largest absolute Gasteiger partial charge is 0.368 e. The van der Waals surface area contributed by atoms with E-state index < -0.39 is 0 Å². The van der Waals surface area contributed by atoms with Crippen molar-refractivity contribution >= 4 is 45.0 Å². The lowest BCUT2D eigenvalue weighted by Crippen LogP contribution is -2.48. The van der Waals surface area contributed by atoms with E-state index in [1.165, 1.54) is 0 Å². The summed E-state index contributed by atoms with van der Waals surface area (Å²) >= 11 is 6.11. The molecule has 4 aromatic rings. The van der Waals surface area contributed by atoms with Gasteiger partial charge < -0.3 is 14.8 Å². The molecule has 0 bridgehead atoms. The highest BCUT2D eigenvalue weighted by Crippen LogP contribution is 2.26. The maximum atomic E-state index is 13.1. The van der Waals surface area contributed by atoms with Crippen molar-refractivity contribution in [2.75, 3.05) is 31.1 Å². The number of carbonyl (C=O) groups excluding carboxylic acids is 1. The molecule has 2 aromatic heterocycles. The fraction of sp³-hybridized carbons (Fsp3) is 0.217. The first-order valence-corrected chi connectivity index (χ1v) is 10.2. The van der Waals surface area contributed by atoms with Crippen molar-refractivity contribution in [3.63, 3.8) is 0 Å². The molecule has 2 aromatic carbocycles. The van der Waals surface area contributed by atoms with Crippen molar-refractivity contribution in [1.29, 1.82) is 0 Å². The number of hydrogen-bond donors (Lipinski definition) is 1. The molecule has 3 heterocycles. The van der Waals surface area contributed by atoms with Crippen LogP contribution in [0.2, 0.25) is 5.02 Å². The summed E-state index contributed by atoms with van der Waals surface area (Å²) in [6.45, 7) is 4.91. The number of rotatable bonds is 2. The van der Waals surface area contributed by atoms with Gasteiger partial charge in [-0.1, -0.05) is 35.9 Å². The Morgan fingerprint density at radius 1 is 1.00 bits per heavy atom. The number of benzene rings is 2. The van der Waals surface area contributed by atoms with Gasteiger partial charge in [0.2, 0.25) is 0 Å². The normalized spacial score (nSPS) is 14.7. The number of nitrogens with zero attached hydrogens (tertiary/aromatic N) is 3. The number of anilines is 1. The van der Waals surface area contributed by atoms with E-state index in [-0.39, 0.29) is 5.91 Å². The molecule has 0 saturated carbocycles. The van der Waals surface area contributed by atoms with Gasteiger partial charge in [-0.3, -0.25) is 4.79 Å². The zero-order valence-corrected chi connectivity index (χ0v) is 16.9. The van der Waals surface area contributed by atoms with Crippen molar-refractivity contribution in [2.45, 2.75) is 6.92 Å². The number of carbonyl (C=O) groups is 1. The number of fused-ring (bicyclic) bond motifs is 3. The zero-order chi connectivity index (χ0) is 20.0. The Hall–Kier alpha value is -3.05. The Labute approximate surface area is 173 Å². The lowest BCUT2D eigenvalue weighted by atomic mass is 10.1. The highest BCUT2D eigenvalue weighted by atomic mass is 35.5. The number of piperazine rings is 1. The van der Waals surface area contributed by atoms with Gasteiger partial charge in [0.05, 0.1) is 11.0 Å². The van der Waals surface area contributed by atoms with Gasteiger partial charge in [0.1, 0.15) is 5.69 Å². The second-order valence-corrected chi connectivity index (χ2v) is 7.95. The number of aromatic nitrogens is 2. The quantitative estimate of drug-likeness (QED) is 0.529. The summed E-state index contributed by atoms with van der Waals surface area (Å²) in [6, 6.07) is 18.0. The maximum Gasteiger partial charge on any atom is 0.272 e. The van der Waals surface area contributed by atoms with E-state index in [1.54, 1.807) is 0 Å². The fourth-order valence-corrected chi connectivity index (χ4v) is 4.18. The molecule has 0 radical (unpaired) electrons. The molecule has 0 aliphatic carbocycles. The van der Waals surface area contributed by atoms with E-state index in [4.69, 9.17) is 16.6 Å². The van der Waals surface area contributed by atoms with Gasteiger partial charge in [0.25, 0.3) is 5.91 Å². The summed E-state index contributed by atoms with van der Waals surface area (Å²) in [5, 5.41) is 2.81. The van der Waals surface area contributed by atoms with E-state index in [1.807, 2.05) is 48.2 Å². The molecule has 0 atom stereocenters. The number of H-pyrrole nitrogens is 1. The lowest BCUT2D eigenvalue weighted by Gasteiger charge is -2.35. The molecule has 1 saturated heterocycles. The SMILES string of the molecule is Cc1ccc2ccc3cc(C(=O)N4CCN(c5cccc(Cl)c5)CC4)nc3c2[nH]1. The number of nitrogens with one attached hydrogen (secondary N) is 1. The summed E-state index contributed by atoms with van der Waals surface area (Å²) in [5.74, 6) is -0.00672. The summed E-state index contributed by atoms with van der Waals surface area (Å²) < 4.78 is 0. The van der Waals surface area contributed by atoms with Crippen molar-refractivity contribution in [2.24, 2.45) is 0 Å². The Bertz CT molecular complexity index is 1220. The van der Waals surface area contributed by atoms with E-state index in [2.05, 4.69) is 28.1 Å². The van der Waals surface area contributed by atoms with Gasteiger partial charge >= 0.3 is 0 Å². The van der Waals surface area contributed by atoms with Crippen LogP contribution in [0.1, 0.15) is 16.2 Å².